The zero-order valence-corrected chi connectivity index (χ0v) is 31.6. The van der Waals surface area contributed by atoms with Crippen LogP contribution in [0.3, 0.4) is 0 Å². The number of benzene rings is 1. The van der Waals surface area contributed by atoms with Crippen molar-refractivity contribution in [1.82, 2.24) is 0 Å². The molecular weight excluding hydrogens is 740 g/mol. The Morgan fingerprint density at radius 1 is 0.455 bits per heavy atom. The van der Waals surface area contributed by atoms with Gasteiger partial charge in [-0.2, -0.15) is 0 Å². The number of aryl methyl sites for hydroxylation is 1. The van der Waals surface area contributed by atoms with Crippen LogP contribution in [0.25, 0.3) is 0 Å². The van der Waals surface area contributed by atoms with E-state index in [0.29, 0.717) is 5.56 Å². The predicted octanol–water partition coefficient (Wildman–Crippen LogP) is 0.919. The molecule has 0 radical (unpaired) electrons. The molecule has 0 saturated carbocycles. The van der Waals surface area contributed by atoms with Crippen molar-refractivity contribution < 1.29 is 95.2 Å². The Labute approximate surface area is 315 Å². The summed E-state index contributed by atoms with van der Waals surface area (Å²) in [6, 6.07) is 4.44. The van der Waals surface area contributed by atoms with Gasteiger partial charge in [-0.15, -0.1) is 0 Å². The molecule has 55 heavy (non-hydrogen) atoms. The van der Waals surface area contributed by atoms with Gasteiger partial charge in [-0.1, -0.05) is 6.07 Å². The Hall–Kier alpha value is -5.50. The van der Waals surface area contributed by atoms with E-state index in [-0.39, 0.29) is 11.5 Å². The van der Waals surface area contributed by atoms with E-state index in [9.17, 15) is 38.4 Å². The molecule has 20 nitrogen and oxygen atoms in total. The molecule has 1 aromatic carbocycles. The smallest absolute Gasteiger partial charge is 0.303 e. The number of carbonyl (C=O) groups excluding carboxylic acids is 8. The fraction of sp³-hybridized carbons (Fsp3) is 0.600. The van der Waals surface area contributed by atoms with Crippen molar-refractivity contribution in [2.45, 2.75) is 124 Å². The van der Waals surface area contributed by atoms with Crippen LogP contribution in [-0.2, 0) is 85.7 Å². The molecule has 2 saturated heterocycles. The average molecular weight is 785 g/mol. The number of carbonyl (C=O) groups is 8. The maximum atomic E-state index is 12.4. The quantitative estimate of drug-likeness (QED) is 0.188. The highest BCUT2D eigenvalue weighted by Crippen LogP contribution is 2.38. The van der Waals surface area contributed by atoms with Gasteiger partial charge in [-0.25, -0.2) is 0 Å². The number of rotatable bonds is 14. The molecule has 10 atom stereocenters. The van der Waals surface area contributed by atoms with Crippen molar-refractivity contribution in [3.63, 3.8) is 0 Å². The lowest BCUT2D eigenvalue weighted by Gasteiger charge is -2.44. The first kappa shape index (κ1) is 43.9. The van der Waals surface area contributed by atoms with Crippen molar-refractivity contribution in [2.75, 3.05) is 13.2 Å². The molecule has 0 aliphatic carbocycles. The summed E-state index contributed by atoms with van der Waals surface area (Å²) in [5, 5.41) is 0. The minimum absolute atomic E-state index is 0.145. The predicted molar refractivity (Wildman–Crippen MR) is 176 cm³/mol. The standard InChI is InChI=1S/C35H44O20/c1-15-10-11-24(52-34-32(50-22(8)42)30(48-20(6)40)28(46-18(4)38)26(54-34)13-44-16(2)36)25(12-15)53-35-33(51-23(9)43)31(49-21(7)41)29(47-19(5)39)27(55-35)14-45-17(3)37/h10-12,26-35H,13-14H2,1-9H3/t26-,27-,28-,29-,30+,31+,32?,33-,34-,35-/m1/s1. The normalized spacial score (nSPS) is 27.2. The third-order valence-corrected chi connectivity index (χ3v) is 7.48. The molecule has 20 heteroatoms. The fourth-order valence-corrected chi connectivity index (χ4v) is 5.62. The summed E-state index contributed by atoms with van der Waals surface area (Å²) in [6.07, 6.45) is -15.3. The molecule has 0 amide bonds. The topological polar surface area (TPSA) is 247 Å². The van der Waals surface area contributed by atoms with Crippen LogP contribution >= 0.6 is 0 Å². The molecule has 0 N–H and O–H groups in total. The second-order valence-electron chi connectivity index (χ2n) is 12.3. The van der Waals surface area contributed by atoms with Crippen LogP contribution < -0.4 is 9.47 Å². The fourth-order valence-electron chi connectivity index (χ4n) is 5.62. The van der Waals surface area contributed by atoms with E-state index in [1.54, 1.807) is 13.0 Å². The highest BCUT2D eigenvalue weighted by molar-refractivity contribution is 5.70. The van der Waals surface area contributed by atoms with Crippen LogP contribution in [-0.4, -0.2) is 122 Å². The van der Waals surface area contributed by atoms with Crippen LogP contribution in [0, 0.1) is 6.92 Å². The SMILES string of the molecule is CC(=O)OC[C@H]1O[C@@H](Oc2cc(C)ccc2O[C@@H]2O[C@H](COC(C)=O)[C@@H](OC(C)=O)[C@H](OC(C)=O)C2OC(C)=O)[C@H](OC(C)=O)[C@@H](OC(C)=O)[C@@H]1OC(C)=O. The first-order chi connectivity index (χ1) is 25.7. The molecule has 2 heterocycles. The van der Waals surface area contributed by atoms with Crippen LogP contribution in [0.1, 0.15) is 61.0 Å². The van der Waals surface area contributed by atoms with Gasteiger partial charge in [0.15, 0.2) is 35.9 Å². The average Bonchev–Trinajstić information content (AvgIpc) is 3.04. The van der Waals surface area contributed by atoms with Gasteiger partial charge in [0.1, 0.15) is 25.4 Å². The molecule has 304 valence electrons. The van der Waals surface area contributed by atoms with Gasteiger partial charge >= 0.3 is 47.8 Å². The van der Waals surface area contributed by atoms with Crippen LogP contribution in [0.15, 0.2) is 18.2 Å². The molecule has 1 aromatic rings. The summed E-state index contributed by atoms with van der Waals surface area (Å²) >= 11 is 0. The first-order valence-electron chi connectivity index (χ1n) is 16.8. The van der Waals surface area contributed by atoms with Crippen LogP contribution in [0.5, 0.6) is 11.5 Å². The second-order valence-corrected chi connectivity index (χ2v) is 12.3. The van der Waals surface area contributed by atoms with E-state index in [0.717, 1.165) is 55.4 Å². The van der Waals surface area contributed by atoms with Crippen LogP contribution in [0.4, 0.5) is 0 Å². The van der Waals surface area contributed by atoms with Crippen molar-refractivity contribution >= 4 is 47.8 Å². The van der Waals surface area contributed by atoms with Gasteiger partial charge in [0, 0.05) is 55.4 Å². The van der Waals surface area contributed by atoms with E-state index >= 15 is 0 Å². The molecule has 0 spiro atoms. The Balaban J connectivity index is 2.14. The number of hydrogen-bond donors (Lipinski definition) is 0. The highest BCUT2D eigenvalue weighted by Gasteiger charge is 2.55. The van der Waals surface area contributed by atoms with Crippen LogP contribution in [0.2, 0.25) is 0 Å². The maximum Gasteiger partial charge on any atom is 0.303 e. The number of ether oxygens (including phenoxy) is 12. The summed E-state index contributed by atoms with van der Waals surface area (Å²) in [4.78, 5) is 97.1. The van der Waals surface area contributed by atoms with Crippen molar-refractivity contribution in [2.24, 2.45) is 0 Å². The van der Waals surface area contributed by atoms with E-state index in [4.69, 9.17) is 56.8 Å². The number of esters is 8. The monoisotopic (exact) mass is 784 g/mol. The zero-order valence-electron chi connectivity index (χ0n) is 31.6. The van der Waals surface area contributed by atoms with E-state index in [1.807, 2.05) is 0 Å². The summed E-state index contributed by atoms with van der Waals surface area (Å²) in [6.45, 7) is 9.22. The Kier molecular flexibility index (Phi) is 15.7. The molecular formula is C35H44O20. The third-order valence-electron chi connectivity index (χ3n) is 7.48. The molecule has 2 aliphatic rings. The van der Waals surface area contributed by atoms with Gasteiger partial charge in [0.2, 0.25) is 24.8 Å². The minimum Gasteiger partial charge on any atom is -0.463 e. The molecule has 0 bridgehead atoms. The van der Waals surface area contributed by atoms with Gasteiger partial charge < -0.3 is 56.8 Å². The molecule has 2 aliphatic heterocycles. The van der Waals surface area contributed by atoms with Gasteiger partial charge in [0.05, 0.1) is 0 Å². The molecule has 3 rings (SSSR count). The highest BCUT2D eigenvalue weighted by atomic mass is 16.8. The van der Waals surface area contributed by atoms with E-state index in [1.165, 1.54) is 12.1 Å². The van der Waals surface area contributed by atoms with Gasteiger partial charge in [-0.05, 0) is 24.6 Å². The summed E-state index contributed by atoms with van der Waals surface area (Å²) < 4.78 is 67.5. The zero-order chi connectivity index (χ0) is 41.1. The number of hydrogen-bond acceptors (Lipinski definition) is 20. The lowest BCUT2D eigenvalue weighted by Crippen LogP contribution is -2.64. The maximum absolute atomic E-state index is 12.4. The molecule has 2 fully saturated rings. The van der Waals surface area contributed by atoms with Crippen molar-refractivity contribution in [1.29, 1.82) is 0 Å². The Bertz CT molecular complexity index is 1610. The van der Waals surface area contributed by atoms with E-state index in [2.05, 4.69) is 0 Å². The van der Waals surface area contributed by atoms with Gasteiger partial charge in [0.25, 0.3) is 0 Å². The first-order valence-corrected chi connectivity index (χ1v) is 16.8. The minimum atomic E-state index is -1.68. The third kappa shape index (κ3) is 13.1. The van der Waals surface area contributed by atoms with Crippen molar-refractivity contribution in [3.05, 3.63) is 23.8 Å². The Morgan fingerprint density at radius 3 is 1.13 bits per heavy atom. The van der Waals surface area contributed by atoms with E-state index < -0.39 is 122 Å². The molecule has 0 aromatic heterocycles. The lowest BCUT2D eigenvalue weighted by atomic mass is 9.98. The largest absolute Gasteiger partial charge is 0.463 e. The summed E-state index contributed by atoms with van der Waals surface area (Å²) in [7, 11) is 0. The lowest BCUT2D eigenvalue weighted by molar-refractivity contribution is -0.292. The van der Waals surface area contributed by atoms with Gasteiger partial charge in [-0.3, -0.25) is 38.4 Å². The van der Waals surface area contributed by atoms with Crippen molar-refractivity contribution in [3.8, 4) is 11.5 Å². The Morgan fingerprint density at radius 2 is 0.782 bits per heavy atom. The summed E-state index contributed by atoms with van der Waals surface area (Å²) in [5.41, 5.74) is 0.578. The summed E-state index contributed by atoms with van der Waals surface area (Å²) in [5.74, 6) is -6.91. The molecule has 1 unspecified atom stereocenters. The second kappa shape index (κ2) is 19.7.